The van der Waals surface area contributed by atoms with E-state index in [-0.39, 0.29) is 72.2 Å². The summed E-state index contributed by atoms with van der Waals surface area (Å²) < 4.78 is 30.7. The first-order valence-electron chi connectivity index (χ1n) is 7.78. The van der Waals surface area contributed by atoms with Crippen LogP contribution in [0.1, 0.15) is 0 Å². The molecule has 0 aliphatic carbocycles. The minimum absolute atomic E-state index is 0. The zero-order valence-electron chi connectivity index (χ0n) is 14.7. The van der Waals surface area contributed by atoms with Gasteiger partial charge in [0.25, 0.3) is 0 Å². The number of nitrogens with zero attached hydrogens (tertiary/aromatic N) is 4. The van der Waals surface area contributed by atoms with Crippen LogP contribution in [0.4, 0.5) is 10.5 Å². The zero-order valence-corrected chi connectivity index (χ0v) is 21.9. The molecule has 2 aromatic carbocycles. The third-order valence-electron chi connectivity index (χ3n) is 3.45. The van der Waals surface area contributed by atoms with E-state index in [2.05, 4.69) is 15.5 Å². The fourth-order valence-electron chi connectivity index (χ4n) is 2.14. The van der Waals surface area contributed by atoms with Gasteiger partial charge in [0, 0.05) is 60.8 Å². The van der Waals surface area contributed by atoms with Crippen LogP contribution < -0.4 is 0 Å². The summed E-state index contributed by atoms with van der Waals surface area (Å²) in [6, 6.07) is 12.2. The molecule has 3 aromatic rings. The summed E-state index contributed by atoms with van der Waals surface area (Å²) in [5, 5.41) is 10.9. The zero-order chi connectivity index (χ0) is 20.1. The molecule has 1 aromatic heterocycles. The molecule has 0 bridgehead atoms. The Kier molecular flexibility index (Phi) is 8.91. The van der Waals surface area contributed by atoms with Crippen molar-refractivity contribution in [1.29, 1.82) is 0 Å². The molecule has 1 N–H and O–H groups in total. The van der Waals surface area contributed by atoms with Gasteiger partial charge in [0.1, 0.15) is 6.61 Å². The number of benzene rings is 2. The molecule has 0 atom stereocenters. The van der Waals surface area contributed by atoms with Crippen molar-refractivity contribution in [2.24, 2.45) is 0 Å². The van der Waals surface area contributed by atoms with Crippen LogP contribution in [0.2, 0.25) is 5.02 Å². The Hall–Kier alpha value is -1.19. The van der Waals surface area contributed by atoms with E-state index in [1.54, 1.807) is 18.2 Å². The van der Waals surface area contributed by atoms with Gasteiger partial charge in [0.05, 0.1) is 16.3 Å². The molecule has 1 radical (unpaired) electrons. The van der Waals surface area contributed by atoms with Crippen LogP contribution in [0, 0.1) is 44.1 Å². The van der Waals surface area contributed by atoms with Crippen LogP contribution in [-0.2, 0) is 14.6 Å². The Labute approximate surface area is 211 Å². The summed E-state index contributed by atoms with van der Waals surface area (Å²) in [7, 11) is -3.60. The summed E-state index contributed by atoms with van der Waals surface area (Å²) in [5.41, 5.74) is 8.41. The third-order valence-corrected chi connectivity index (χ3v) is 6.12. The molecule has 3 rings (SSSR count). The maximum atomic E-state index is 12.2. The van der Waals surface area contributed by atoms with E-state index in [0.29, 0.717) is 22.5 Å². The van der Waals surface area contributed by atoms with Gasteiger partial charge in [-0.1, -0.05) is 29.8 Å². The number of hydrogen-bond donors (Lipinski definition) is 0. The van der Waals surface area contributed by atoms with Crippen molar-refractivity contribution in [2.45, 2.75) is 10.1 Å². The number of thioether (sulfide) groups is 1. The van der Waals surface area contributed by atoms with Gasteiger partial charge in [-0.15, -0.1) is 10.8 Å². The van der Waals surface area contributed by atoms with Crippen molar-refractivity contribution < 1.29 is 62.0 Å². The number of carbonyl (C=O) groups is 1. The second-order valence-corrected chi connectivity index (χ2v) is 8.85. The second-order valence-electron chi connectivity index (χ2n) is 5.40. The number of nitrogens with one attached hydrogen (secondary N) is 1. The molecule has 0 spiro atoms. The Morgan fingerprint density at radius 1 is 1.21 bits per heavy atom. The molecular formula is C16H13AcClN5O4S2-. The largest absolute Gasteiger partial charge is 0.699 e. The molecular weight excluding hydrogens is 653 g/mol. The average molecular weight is 666 g/mol. The van der Waals surface area contributed by atoms with E-state index in [9.17, 15) is 13.2 Å². The van der Waals surface area contributed by atoms with Gasteiger partial charge in [-0.3, -0.25) is 0 Å². The second kappa shape index (κ2) is 10.7. The molecule has 0 amide bonds. The fraction of sp³-hybridized carbons (Fsp3) is 0.125. The van der Waals surface area contributed by atoms with Crippen LogP contribution in [0.15, 0.2) is 58.6 Å². The van der Waals surface area contributed by atoms with E-state index in [1.165, 1.54) is 35.0 Å². The topological polar surface area (TPSA) is 128 Å². The van der Waals surface area contributed by atoms with Gasteiger partial charge in [-0.05, 0) is 40.8 Å². The van der Waals surface area contributed by atoms with Crippen LogP contribution in [0.3, 0.4) is 0 Å². The summed E-state index contributed by atoms with van der Waals surface area (Å²) in [4.78, 5) is 12.1. The molecule has 0 saturated carbocycles. The Morgan fingerprint density at radius 2 is 1.93 bits per heavy atom. The van der Waals surface area contributed by atoms with Gasteiger partial charge < -0.3 is 10.5 Å². The smallest absolute Gasteiger partial charge is 0.375 e. The summed E-state index contributed by atoms with van der Waals surface area (Å²) in [6.07, 6.45) is 0. The van der Waals surface area contributed by atoms with Gasteiger partial charge in [-0.2, -0.15) is 4.68 Å². The van der Waals surface area contributed by atoms with E-state index in [0.717, 1.165) is 0 Å². The number of tetrazole rings is 1. The SMILES string of the molecule is [Ac].[NH-]c1cccc(-n2nnnc2SC(=O)OCCS(=O)(=O)c2ccc(Cl)cc2)c1. The molecule has 149 valence electrons. The van der Waals surface area contributed by atoms with Crippen LogP contribution in [-0.4, -0.2) is 46.3 Å². The van der Waals surface area contributed by atoms with Crippen molar-refractivity contribution in [3.05, 3.63) is 59.3 Å². The number of aromatic nitrogens is 4. The van der Waals surface area contributed by atoms with E-state index in [4.69, 9.17) is 22.1 Å². The van der Waals surface area contributed by atoms with Gasteiger partial charge >= 0.3 is 5.30 Å². The number of carbonyl (C=O) groups excluding carboxylic acids is 1. The number of hydrogen-bond acceptors (Lipinski definition) is 8. The van der Waals surface area contributed by atoms with Crippen molar-refractivity contribution in [3.63, 3.8) is 0 Å². The maximum absolute atomic E-state index is 12.2. The monoisotopic (exact) mass is 665 g/mol. The minimum Gasteiger partial charge on any atom is -0.699 e. The van der Waals surface area contributed by atoms with E-state index in [1.807, 2.05) is 0 Å². The van der Waals surface area contributed by atoms with Crippen molar-refractivity contribution in [2.75, 3.05) is 12.4 Å². The fourth-order valence-corrected chi connectivity index (χ4v) is 3.95. The first-order valence-corrected chi connectivity index (χ1v) is 10.6. The molecule has 1 heterocycles. The standard InChI is InChI=1S/C16H13ClN5O4S2.Ac/c17-11-4-6-14(7-5-11)28(24,25)9-8-26-16(23)27-15-19-20-21-22(15)13-3-1-2-12(18)10-13;/h1-7,10,18H,8-9H2;/q-1;. The Bertz CT molecular complexity index is 1090. The molecule has 0 unspecified atom stereocenters. The maximum Gasteiger partial charge on any atom is 0.375 e. The number of ether oxygens (including phenoxy) is 1. The Morgan fingerprint density at radius 3 is 2.62 bits per heavy atom. The molecule has 29 heavy (non-hydrogen) atoms. The van der Waals surface area contributed by atoms with Crippen molar-refractivity contribution in [3.8, 4) is 5.69 Å². The molecule has 0 fully saturated rings. The third kappa shape index (κ3) is 6.65. The molecule has 13 heteroatoms. The van der Waals surface area contributed by atoms with Gasteiger partial charge in [0.15, 0.2) is 9.84 Å². The van der Waals surface area contributed by atoms with Crippen LogP contribution in [0.25, 0.3) is 11.4 Å². The molecule has 0 aliphatic heterocycles. The molecule has 0 saturated heterocycles. The summed E-state index contributed by atoms with van der Waals surface area (Å²) in [5.74, 6) is -0.368. The normalized spacial score (nSPS) is 10.9. The summed E-state index contributed by atoms with van der Waals surface area (Å²) in [6.45, 7) is -0.319. The van der Waals surface area contributed by atoms with Crippen molar-refractivity contribution in [1.82, 2.24) is 20.2 Å². The van der Waals surface area contributed by atoms with E-state index < -0.39 is 15.1 Å². The molecule has 9 nitrogen and oxygen atoms in total. The minimum atomic E-state index is -3.60. The first kappa shape index (κ1) is 24.1. The van der Waals surface area contributed by atoms with E-state index >= 15 is 0 Å². The summed E-state index contributed by atoms with van der Waals surface area (Å²) >= 11 is 6.36. The van der Waals surface area contributed by atoms with Gasteiger partial charge in [0.2, 0.25) is 5.16 Å². The number of rotatable bonds is 6. The predicted molar refractivity (Wildman–Crippen MR) is 104 cm³/mol. The van der Waals surface area contributed by atoms with Crippen molar-refractivity contribution >= 4 is 44.2 Å². The number of sulfone groups is 1. The number of halogens is 1. The average Bonchev–Trinajstić information content (AvgIpc) is 3.10. The van der Waals surface area contributed by atoms with Gasteiger partial charge in [-0.25, -0.2) is 13.2 Å². The first-order chi connectivity index (χ1) is 13.3. The Balaban J connectivity index is 0.00000300. The predicted octanol–water partition coefficient (Wildman–Crippen LogP) is 3.70. The van der Waals surface area contributed by atoms with Crippen LogP contribution >= 0.6 is 23.4 Å². The van der Waals surface area contributed by atoms with Crippen LogP contribution in [0.5, 0.6) is 0 Å². The molecule has 0 aliphatic rings. The quantitative estimate of drug-likeness (QED) is 0.288.